The molecule has 1 atom stereocenters. The van der Waals surface area contributed by atoms with E-state index in [4.69, 9.17) is 14.2 Å². The molecule has 1 aliphatic heterocycles. The summed E-state index contributed by atoms with van der Waals surface area (Å²) in [6.07, 6.45) is 0.412. The molecule has 128 valence electrons. The van der Waals surface area contributed by atoms with E-state index in [9.17, 15) is 5.11 Å². The summed E-state index contributed by atoms with van der Waals surface area (Å²) in [5.41, 5.74) is 2.53. The lowest BCUT2D eigenvalue weighted by Crippen LogP contribution is -2.34. The van der Waals surface area contributed by atoms with Crippen LogP contribution in [0.15, 0.2) is 42.5 Å². The number of hydrogen-bond acceptors (Lipinski definition) is 5. The fourth-order valence-corrected chi connectivity index (χ4v) is 3.04. The molecule has 1 heterocycles. The number of β-amino-alcohol motifs (C(OH)–C–C–N with tert-alkyl or cyclic N) is 1. The Bertz CT molecular complexity index is 667. The van der Waals surface area contributed by atoms with Crippen LogP contribution in [0.5, 0.6) is 17.2 Å². The van der Waals surface area contributed by atoms with Crippen LogP contribution in [0.25, 0.3) is 0 Å². The van der Waals surface area contributed by atoms with Crippen molar-refractivity contribution in [3.05, 3.63) is 48.0 Å². The summed E-state index contributed by atoms with van der Waals surface area (Å²) in [4.78, 5) is 2.20. The third-order valence-corrected chi connectivity index (χ3v) is 4.22. The normalized spacial score (nSPS) is 14.2. The van der Waals surface area contributed by atoms with Gasteiger partial charge in [0.25, 0.3) is 0 Å². The first-order valence-electron chi connectivity index (χ1n) is 8.07. The van der Waals surface area contributed by atoms with E-state index < -0.39 is 6.10 Å². The summed E-state index contributed by atoms with van der Waals surface area (Å²) in [6, 6.07) is 13.8. The van der Waals surface area contributed by atoms with Crippen LogP contribution >= 0.6 is 0 Å². The number of hydrogen-bond donors (Lipinski definition) is 1. The molecule has 0 spiro atoms. The predicted molar refractivity (Wildman–Crippen MR) is 93.4 cm³/mol. The van der Waals surface area contributed by atoms with Crippen LogP contribution < -0.4 is 19.1 Å². The molecule has 3 rings (SSSR count). The number of rotatable bonds is 7. The summed E-state index contributed by atoms with van der Waals surface area (Å²) in [6.45, 7) is 1.64. The fraction of sp³-hybridized carbons (Fsp3) is 0.368. The van der Waals surface area contributed by atoms with Gasteiger partial charge in [-0.2, -0.15) is 0 Å². The highest BCUT2D eigenvalue weighted by molar-refractivity contribution is 5.57. The van der Waals surface area contributed by atoms with E-state index in [2.05, 4.69) is 23.1 Å². The number of aliphatic hydroxyl groups is 1. The van der Waals surface area contributed by atoms with Crippen molar-refractivity contribution in [1.29, 1.82) is 0 Å². The number of ether oxygens (including phenoxy) is 3. The SMILES string of the molecule is COc1cccc(OC)c1OCC(O)CN1CCc2ccccc21. The maximum Gasteiger partial charge on any atom is 0.203 e. The minimum absolute atomic E-state index is 0.176. The first kappa shape index (κ1) is 16.5. The lowest BCUT2D eigenvalue weighted by atomic mass is 10.2. The van der Waals surface area contributed by atoms with Crippen LogP contribution in [0.3, 0.4) is 0 Å². The molecule has 0 bridgehead atoms. The van der Waals surface area contributed by atoms with E-state index in [-0.39, 0.29) is 6.61 Å². The minimum Gasteiger partial charge on any atom is -0.493 e. The van der Waals surface area contributed by atoms with Crippen LogP contribution in [0, 0.1) is 0 Å². The highest BCUT2D eigenvalue weighted by atomic mass is 16.5. The first-order chi connectivity index (χ1) is 11.7. The van der Waals surface area contributed by atoms with Crippen LogP contribution in [0.2, 0.25) is 0 Å². The highest BCUT2D eigenvalue weighted by Gasteiger charge is 2.21. The maximum atomic E-state index is 10.4. The van der Waals surface area contributed by atoms with Gasteiger partial charge in [0.15, 0.2) is 11.5 Å². The number of fused-ring (bicyclic) bond motifs is 1. The molecule has 1 aliphatic rings. The van der Waals surface area contributed by atoms with Crippen LogP contribution in [-0.2, 0) is 6.42 Å². The topological polar surface area (TPSA) is 51.2 Å². The Balaban J connectivity index is 1.62. The third kappa shape index (κ3) is 3.41. The molecular formula is C19H23NO4. The largest absolute Gasteiger partial charge is 0.493 e. The van der Waals surface area contributed by atoms with Gasteiger partial charge in [0.1, 0.15) is 12.7 Å². The molecule has 0 saturated heterocycles. The van der Waals surface area contributed by atoms with E-state index >= 15 is 0 Å². The van der Waals surface area contributed by atoms with Gasteiger partial charge in [-0.1, -0.05) is 24.3 Å². The smallest absolute Gasteiger partial charge is 0.203 e. The standard InChI is InChI=1S/C19H23NO4/c1-22-17-8-5-9-18(23-2)19(17)24-13-15(21)12-20-11-10-14-6-3-4-7-16(14)20/h3-9,15,21H,10-13H2,1-2H3. The fourth-order valence-electron chi connectivity index (χ4n) is 3.04. The third-order valence-electron chi connectivity index (χ3n) is 4.22. The lowest BCUT2D eigenvalue weighted by Gasteiger charge is -2.23. The van der Waals surface area contributed by atoms with Gasteiger partial charge >= 0.3 is 0 Å². The predicted octanol–water partition coefficient (Wildman–Crippen LogP) is 2.51. The molecule has 2 aromatic rings. The molecule has 5 heteroatoms. The summed E-state index contributed by atoms with van der Waals surface area (Å²) in [7, 11) is 3.17. The van der Waals surface area contributed by atoms with Crippen molar-refractivity contribution in [3.8, 4) is 17.2 Å². The average molecular weight is 329 g/mol. The van der Waals surface area contributed by atoms with E-state index in [1.165, 1.54) is 11.3 Å². The van der Waals surface area contributed by atoms with Crippen molar-refractivity contribution < 1.29 is 19.3 Å². The van der Waals surface area contributed by atoms with Crippen molar-refractivity contribution in [1.82, 2.24) is 0 Å². The van der Waals surface area contributed by atoms with Crippen molar-refractivity contribution in [3.63, 3.8) is 0 Å². The minimum atomic E-state index is -0.606. The van der Waals surface area contributed by atoms with Gasteiger partial charge in [0.05, 0.1) is 14.2 Å². The maximum absolute atomic E-state index is 10.4. The van der Waals surface area contributed by atoms with Gasteiger partial charge in [0.2, 0.25) is 5.75 Å². The van der Waals surface area contributed by atoms with Crippen LogP contribution in [0.1, 0.15) is 5.56 Å². The molecule has 1 N–H and O–H groups in total. The Morgan fingerprint density at radius 1 is 1.04 bits per heavy atom. The first-order valence-corrected chi connectivity index (χ1v) is 8.07. The van der Waals surface area contributed by atoms with Gasteiger partial charge in [-0.05, 0) is 30.2 Å². The second-order valence-electron chi connectivity index (χ2n) is 5.78. The Labute approximate surface area is 142 Å². The molecule has 0 amide bonds. The number of anilines is 1. The second-order valence-corrected chi connectivity index (χ2v) is 5.78. The Kier molecular flexibility index (Phi) is 5.11. The molecule has 0 saturated carbocycles. The number of aliphatic hydroxyl groups excluding tert-OH is 1. The molecule has 5 nitrogen and oxygen atoms in total. The Morgan fingerprint density at radius 2 is 1.75 bits per heavy atom. The number of benzene rings is 2. The van der Waals surface area contributed by atoms with E-state index in [1.807, 2.05) is 12.1 Å². The quantitative estimate of drug-likeness (QED) is 0.846. The van der Waals surface area contributed by atoms with Gasteiger partial charge < -0.3 is 24.2 Å². The molecule has 24 heavy (non-hydrogen) atoms. The van der Waals surface area contributed by atoms with Crippen molar-refractivity contribution >= 4 is 5.69 Å². The van der Waals surface area contributed by atoms with Crippen LogP contribution in [0.4, 0.5) is 5.69 Å². The second kappa shape index (κ2) is 7.45. The van der Waals surface area contributed by atoms with Crippen molar-refractivity contribution in [2.75, 3.05) is 38.8 Å². The van der Waals surface area contributed by atoms with E-state index in [1.54, 1.807) is 26.4 Å². The zero-order valence-corrected chi connectivity index (χ0v) is 14.1. The summed E-state index contributed by atoms with van der Waals surface area (Å²) in [5, 5.41) is 10.4. The molecule has 1 unspecified atom stereocenters. The van der Waals surface area contributed by atoms with Gasteiger partial charge in [-0.25, -0.2) is 0 Å². The molecular weight excluding hydrogens is 306 g/mol. The molecule has 0 aliphatic carbocycles. The van der Waals surface area contributed by atoms with Crippen molar-refractivity contribution in [2.45, 2.75) is 12.5 Å². The number of methoxy groups -OCH3 is 2. The summed E-state index contributed by atoms with van der Waals surface area (Å²) in [5.74, 6) is 1.70. The molecule has 0 fully saturated rings. The number of nitrogens with zero attached hydrogens (tertiary/aromatic N) is 1. The van der Waals surface area contributed by atoms with Gasteiger partial charge in [-0.15, -0.1) is 0 Å². The monoisotopic (exact) mass is 329 g/mol. The van der Waals surface area contributed by atoms with Crippen LogP contribution in [-0.4, -0.2) is 45.1 Å². The summed E-state index contributed by atoms with van der Waals surface area (Å²) >= 11 is 0. The molecule has 0 aromatic heterocycles. The Morgan fingerprint density at radius 3 is 2.46 bits per heavy atom. The lowest BCUT2D eigenvalue weighted by molar-refractivity contribution is 0.108. The Hall–Kier alpha value is -2.40. The van der Waals surface area contributed by atoms with Gasteiger partial charge in [-0.3, -0.25) is 0 Å². The van der Waals surface area contributed by atoms with Gasteiger partial charge in [0, 0.05) is 18.8 Å². The highest BCUT2D eigenvalue weighted by Crippen LogP contribution is 2.36. The average Bonchev–Trinajstić information content (AvgIpc) is 3.02. The van der Waals surface area contributed by atoms with Crippen molar-refractivity contribution in [2.24, 2.45) is 0 Å². The zero-order chi connectivity index (χ0) is 16.9. The summed E-state index contributed by atoms with van der Waals surface area (Å²) < 4.78 is 16.4. The zero-order valence-electron chi connectivity index (χ0n) is 14.1. The molecule has 0 radical (unpaired) electrons. The number of para-hydroxylation sites is 2. The molecule has 2 aromatic carbocycles. The van der Waals surface area contributed by atoms with E-state index in [0.717, 1.165) is 13.0 Å². The van der Waals surface area contributed by atoms with E-state index in [0.29, 0.717) is 23.8 Å².